The van der Waals surface area contributed by atoms with Crippen molar-refractivity contribution in [2.75, 3.05) is 13.7 Å². The third-order valence-electron chi connectivity index (χ3n) is 5.57. The SMILES string of the molecule is COc1cccc(-c2noc([C@@H]3CCCN3C(=O)c3ccc(C(C)(C)C)cc3)n2)c1. The van der Waals surface area contributed by atoms with E-state index in [-0.39, 0.29) is 17.4 Å². The molecule has 1 aliphatic rings. The summed E-state index contributed by atoms with van der Waals surface area (Å²) < 4.78 is 10.8. The van der Waals surface area contributed by atoms with Gasteiger partial charge in [-0.2, -0.15) is 4.98 Å². The number of aromatic nitrogens is 2. The lowest BCUT2D eigenvalue weighted by molar-refractivity contribution is 0.0710. The molecule has 0 aliphatic carbocycles. The molecule has 3 aromatic rings. The van der Waals surface area contributed by atoms with E-state index in [1.807, 2.05) is 53.4 Å². The molecule has 6 heteroatoms. The lowest BCUT2D eigenvalue weighted by atomic mass is 9.86. The molecule has 0 spiro atoms. The highest BCUT2D eigenvalue weighted by atomic mass is 16.5. The number of carbonyl (C=O) groups is 1. The molecule has 4 rings (SSSR count). The molecule has 2 aromatic carbocycles. The van der Waals surface area contributed by atoms with Crippen LogP contribution in [-0.4, -0.2) is 34.6 Å². The van der Waals surface area contributed by atoms with Gasteiger partial charge < -0.3 is 14.2 Å². The Bertz CT molecular complexity index is 1030. The van der Waals surface area contributed by atoms with Crippen molar-refractivity contribution in [3.8, 4) is 17.1 Å². The molecule has 0 bridgehead atoms. The van der Waals surface area contributed by atoms with Gasteiger partial charge in [-0.25, -0.2) is 0 Å². The topological polar surface area (TPSA) is 68.5 Å². The standard InChI is InChI=1S/C24H27N3O3/c1-24(2,3)18-12-10-16(11-13-18)23(28)27-14-6-9-20(27)22-25-21(26-30-22)17-7-5-8-19(15-17)29-4/h5,7-8,10-13,15,20H,6,9,14H2,1-4H3/t20-/m0/s1. The van der Waals surface area contributed by atoms with Crippen molar-refractivity contribution >= 4 is 5.91 Å². The number of likely N-dealkylation sites (tertiary alicyclic amines) is 1. The van der Waals surface area contributed by atoms with Gasteiger partial charge in [0.25, 0.3) is 5.91 Å². The van der Waals surface area contributed by atoms with Gasteiger partial charge in [-0.1, -0.05) is 50.2 Å². The third-order valence-corrected chi connectivity index (χ3v) is 5.57. The largest absolute Gasteiger partial charge is 0.497 e. The zero-order valence-electron chi connectivity index (χ0n) is 17.9. The first-order chi connectivity index (χ1) is 14.4. The van der Waals surface area contributed by atoms with Gasteiger partial charge in [0.1, 0.15) is 11.8 Å². The highest BCUT2D eigenvalue weighted by Crippen LogP contribution is 2.34. The van der Waals surface area contributed by atoms with Crippen LogP contribution in [0, 0.1) is 0 Å². The summed E-state index contributed by atoms with van der Waals surface area (Å²) in [6.45, 7) is 7.17. The Labute approximate surface area is 176 Å². The van der Waals surface area contributed by atoms with Crippen molar-refractivity contribution in [1.29, 1.82) is 0 Å². The summed E-state index contributed by atoms with van der Waals surface area (Å²) in [5.41, 5.74) is 2.76. The van der Waals surface area contributed by atoms with E-state index >= 15 is 0 Å². The van der Waals surface area contributed by atoms with Crippen LogP contribution in [-0.2, 0) is 5.41 Å². The van der Waals surface area contributed by atoms with Gasteiger partial charge in [-0.05, 0) is 48.1 Å². The molecule has 2 heterocycles. The van der Waals surface area contributed by atoms with E-state index in [0.717, 1.165) is 24.2 Å². The Balaban J connectivity index is 1.55. The number of benzene rings is 2. The highest BCUT2D eigenvalue weighted by molar-refractivity contribution is 5.94. The van der Waals surface area contributed by atoms with E-state index in [9.17, 15) is 4.79 Å². The van der Waals surface area contributed by atoms with Crippen molar-refractivity contribution in [2.24, 2.45) is 0 Å². The van der Waals surface area contributed by atoms with Crippen LogP contribution in [0.15, 0.2) is 53.1 Å². The summed E-state index contributed by atoms with van der Waals surface area (Å²) in [5, 5.41) is 4.13. The summed E-state index contributed by atoms with van der Waals surface area (Å²) in [4.78, 5) is 19.6. The van der Waals surface area contributed by atoms with Gasteiger partial charge in [0.15, 0.2) is 0 Å². The van der Waals surface area contributed by atoms with Crippen molar-refractivity contribution < 1.29 is 14.1 Å². The minimum atomic E-state index is -0.202. The first-order valence-electron chi connectivity index (χ1n) is 10.3. The lowest BCUT2D eigenvalue weighted by Crippen LogP contribution is -2.30. The maximum absolute atomic E-state index is 13.2. The van der Waals surface area contributed by atoms with E-state index in [1.165, 1.54) is 5.56 Å². The number of amides is 1. The average Bonchev–Trinajstić information content (AvgIpc) is 3.42. The summed E-state index contributed by atoms with van der Waals surface area (Å²) >= 11 is 0. The molecule has 1 saturated heterocycles. The zero-order chi connectivity index (χ0) is 21.3. The summed E-state index contributed by atoms with van der Waals surface area (Å²) in [7, 11) is 1.62. The van der Waals surface area contributed by atoms with Crippen LogP contribution in [0.4, 0.5) is 0 Å². The molecular weight excluding hydrogens is 378 g/mol. The maximum atomic E-state index is 13.2. The molecule has 0 radical (unpaired) electrons. The summed E-state index contributed by atoms with van der Waals surface area (Å²) in [5.74, 6) is 1.71. The molecule has 156 valence electrons. The number of rotatable bonds is 4. The molecule has 0 unspecified atom stereocenters. The van der Waals surface area contributed by atoms with Crippen molar-refractivity contribution in [3.63, 3.8) is 0 Å². The first-order valence-corrected chi connectivity index (χ1v) is 10.3. The monoisotopic (exact) mass is 405 g/mol. The van der Waals surface area contributed by atoms with Gasteiger partial charge in [0.2, 0.25) is 11.7 Å². The van der Waals surface area contributed by atoms with Crippen LogP contribution in [0.25, 0.3) is 11.4 Å². The quantitative estimate of drug-likeness (QED) is 0.610. The zero-order valence-corrected chi connectivity index (χ0v) is 17.9. The molecule has 1 amide bonds. The molecule has 6 nitrogen and oxygen atoms in total. The maximum Gasteiger partial charge on any atom is 0.254 e. The number of carbonyl (C=O) groups excluding carboxylic acids is 1. The molecule has 1 aromatic heterocycles. The van der Waals surface area contributed by atoms with Gasteiger partial charge in [-0.3, -0.25) is 4.79 Å². The fourth-order valence-electron chi connectivity index (χ4n) is 3.80. The Morgan fingerprint density at radius 3 is 2.63 bits per heavy atom. The van der Waals surface area contributed by atoms with E-state index in [0.29, 0.717) is 23.8 Å². The second-order valence-corrected chi connectivity index (χ2v) is 8.67. The number of methoxy groups -OCH3 is 1. The minimum absolute atomic E-state index is 0.000843. The van der Waals surface area contributed by atoms with Crippen LogP contribution in [0.2, 0.25) is 0 Å². The molecular formula is C24H27N3O3. The predicted octanol–water partition coefficient (Wildman–Crippen LogP) is 5.02. The molecule has 1 atom stereocenters. The lowest BCUT2D eigenvalue weighted by Gasteiger charge is -2.23. The Morgan fingerprint density at radius 2 is 1.93 bits per heavy atom. The normalized spacial score (nSPS) is 16.7. The van der Waals surface area contributed by atoms with Gasteiger partial charge >= 0.3 is 0 Å². The molecule has 1 aliphatic heterocycles. The first kappa shape index (κ1) is 20.1. The van der Waals surface area contributed by atoms with Crippen molar-refractivity contribution in [2.45, 2.75) is 45.1 Å². The van der Waals surface area contributed by atoms with Gasteiger partial charge in [-0.15, -0.1) is 0 Å². The average molecular weight is 405 g/mol. The van der Waals surface area contributed by atoms with Crippen LogP contribution in [0.1, 0.15) is 61.5 Å². The van der Waals surface area contributed by atoms with Gasteiger partial charge in [0.05, 0.1) is 7.11 Å². The summed E-state index contributed by atoms with van der Waals surface area (Å²) in [6.07, 6.45) is 1.72. The van der Waals surface area contributed by atoms with E-state index in [4.69, 9.17) is 9.26 Å². The number of hydrogen-bond donors (Lipinski definition) is 0. The Morgan fingerprint density at radius 1 is 1.17 bits per heavy atom. The molecule has 0 saturated carbocycles. The van der Waals surface area contributed by atoms with Crippen molar-refractivity contribution in [3.05, 3.63) is 65.5 Å². The number of nitrogens with zero attached hydrogens (tertiary/aromatic N) is 3. The minimum Gasteiger partial charge on any atom is -0.497 e. The fourth-order valence-corrected chi connectivity index (χ4v) is 3.80. The van der Waals surface area contributed by atoms with E-state index in [1.54, 1.807) is 7.11 Å². The number of ether oxygens (including phenoxy) is 1. The van der Waals surface area contributed by atoms with Crippen LogP contribution in [0.5, 0.6) is 5.75 Å². The second-order valence-electron chi connectivity index (χ2n) is 8.67. The Kier molecular flexibility index (Phi) is 5.33. The van der Waals surface area contributed by atoms with Crippen LogP contribution < -0.4 is 4.74 Å². The van der Waals surface area contributed by atoms with Gasteiger partial charge in [0, 0.05) is 17.7 Å². The summed E-state index contributed by atoms with van der Waals surface area (Å²) in [6, 6.07) is 15.2. The highest BCUT2D eigenvalue weighted by Gasteiger charge is 2.34. The fraction of sp³-hybridized carbons (Fsp3) is 0.375. The second kappa shape index (κ2) is 7.94. The van der Waals surface area contributed by atoms with E-state index < -0.39 is 0 Å². The number of hydrogen-bond acceptors (Lipinski definition) is 5. The Hall–Kier alpha value is -3.15. The smallest absolute Gasteiger partial charge is 0.254 e. The molecule has 0 N–H and O–H groups in total. The molecule has 1 fully saturated rings. The van der Waals surface area contributed by atoms with Crippen LogP contribution >= 0.6 is 0 Å². The third kappa shape index (κ3) is 3.95. The van der Waals surface area contributed by atoms with Crippen LogP contribution in [0.3, 0.4) is 0 Å². The predicted molar refractivity (Wildman–Crippen MR) is 114 cm³/mol. The van der Waals surface area contributed by atoms with Crippen molar-refractivity contribution in [1.82, 2.24) is 15.0 Å². The van der Waals surface area contributed by atoms with E-state index in [2.05, 4.69) is 30.9 Å². The molecule has 30 heavy (non-hydrogen) atoms.